The number of rotatable bonds is 24. The number of hydrogen-bond acceptors (Lipinski definition) is 22. The number of aryl methyl sites for hydroxylation is 4. The molecular weight excluding hydrogens is 1830 g/mol. The Morgan fingerprint density at radius 2 is 0.819 bits per heavy atom. The number of nitrogens with two attached hydrogens (primary N) is 1. The Bertz CT molecular complexity index is 6860. The number of hydrogen-bond donors (Lipinski definition) is 12. The fourth-order valence-corrected chi connectivity index (χ4v) is 18.8. The van der Waals surface area contributed by atoms with Gasteiger partial charge in [0, 0.05) is 148 Å². The molecule has 0 bridgehead atoms. The highest BCUT2D eigenvalue weighted by Gasteiger charge is 2.28. The van der Waals surface area contributed by atoms with E-state index in [0.29, 0.717) is 80.9 Å². The van der Waals surface area contributed by atoms with Gasteiger partial charge in [-0.2, -0.15) is 0 Å². The Morgan fingerprint density at radius 1 is 0.420 bits per heavy atom. The molecule has 16 aromatic rings. The number of benzene rings is 8. The van der Waals surface area contributed by atoms with E-state index in [1.165, 1.54) is 36.7 Å². The standard InChI is InChI=1S/C29H33N5O2S.C28H31N5O2S.C26H24ClN5OS.C23H20FN5OS/c1-19-9-11-22(12-10-19)32-28(35)33-23-8-6-7-21(17-23)26-25(34-27(37-26)29(2,3)4)20-13-14-30-24(18-20)31-15-16-36-5;1-18-8-10-21(11-9-18)31-27(35)32-22-7-5-6-20(16-22)25-24(33-26(36-25)28(2,3)4)19-12-13-29-23(17-19)30-14-15-34;27-20-7-9-21(10-8-20)29-25(33)30-22-6-4-5-19(17-22)24-23(18-11-13-28-14-12-18)31-26(34-24)32-15-2-1-3-16-32;1-13-6-8-16(9-7-13)28-23(30)29-18-5-3-4-17(20(18)24)22-21(27-14(2)31-22)15-10-11-26-19(25)12-15/h6-14,17-18H,15-16H2,1-5H3,(H,30,31)(H2,32,33,35);5-13,16-17,34H,14-15H2,1-4H3,(H,29,30)(H2,31,32,35);4-14,17H,1-3,15-16H2,(H2,29,30,33);3-12H,1-2H3,(H2,25,26)(H2,28,29,30). The number of pyridine rings is 4. The third kappa shape index (κ3) is 27.6. The summed E-state index contributed by atoms with van der Waals surface area (Å²) in [5, 5.41) is 42.7. The van der Waals surface area contributed by atoms with Gasteiger partial charge >= 0.3 is 24.1 Å². The van der Waals surface area contributed by atoms with Gasteiger partial charge in [0.15, 0.2) is 10.9 Å². The van der Waals surface area contributed by atoms with Gasteiger partial charge in [-0.15, -0.1) is 34.0 Å². The van der Waals surface area contributed by atoms with Crippen LogP contribution in [0.2, 0.25) is 5.02 Å². The highest BCUT2D eigenvalue weighted by atomic mass is 35.5. The summed E-state index contributed by atoms with van der Waals surface area (Å²) < 4.78 is 20.5. The first-order valence-corrected chi connectivity index (χ1v) is 48.4. The number of ether oxygens (including phenoxy) is 1. The van der Waals surface area contributed by atoms with Crippen LogP contribution in [0.1, 0.15) is 92.5 Å². The van der Waals surface area contributed by atoms with Crippen LogP contribution in [-0.2, 0) is 15.6 Å². The predicted molar refractivity (Wildman–Crippen MR) is 567 cm³/mol. The lowest BCUT2D eigenvalue weighted by Crippen LogP contribution is -2.29. The number of amides is 8. The van der Waals surface area contributed by atoms with Gasteiger partial charge in [-0.3, -0.25) is 4.98 Å². The molecule has 9 heterocycles. The van der Waals surface area contributed by atoms with Crippen molar-refractivity contribution in [3.8, 4) is 86.8 Å². The van der Waals surface area contributed by atoms with Crippen LogP contribution < -0.4 is 63.8 Å². The van der Waals surface area contributed by atoms with E-state index in [2.05, 4.69) is 131 Å². The number of aromatic nitrogens is 8. The average Bonchev–Trinajstić information content (AvgIpc) is 1.65. The number of halogens is 2. The monoisotopic (exact) mass is 1940 g/mol. The summed E-state index contributed by atoms with van der Waals surface area (Å²) in [4.78, 5) is 92.9. The van der Waals surface area contributed by atoms with Crippen molar-refractivity contribution in [3.05, 3.63) is 310 Å². The van der Waals surface area contributed by atoms with Crippen LogP contribution in [0.15, 0.2) is 268 Å². The van der Waals surface area contributed by atoms with Gasteiger partial charge < -0.3 is 73.6 Å². The van der Waals surface area contributed by atoms with Crippen LogP contribution >= 0.6 is 56.9 Å². The van der Waals surface area contributed by atoms with Crippen molar-refractivity contribution in [1.29, 1.82) is 0 Å². The normalized spacial score (nSPS) is 11.7. The number of thiazole rings is 4. The molecule has 8 aromatic carbocycles. The summed E-state index contributed by atoms with van der Waals surface area (Å²) in [5.74, 6) is 1.28. The maximum Gasteiger partial charge on any atom is 0.323 e. The third-order valence-corrected chi connectivity index (χ3v) is 26.8. The number of urea groups is 4. The predicted octanol–water partition coefficient (Wildman–Crippen LogP) is 26.7. The smallest absolute Gasteiger partial charge is 0.323 e. The van der Waals surface area contributed by atoms with Crippen LogP contribution in [0, 0.1) is 33.5 Å². The minimum absolute atomic E-state index is 0.0271. The molecule has 8 amide bonds. The number of nitrogen functional groups attached to an aromatic ring is 1. The molecule has 1 fully saturated rings. The molecule has 32 heteroatoms. The number of nitrogens with one attached hydrogen (secondary N) is 10. The van der Waals surface area contributed by atoms with Crippen LogP contribution in [0.5, 0.6) is 0 Å². The summed E-state index contributed by atoms with van der Waals surface area (Å²) in [6, 6.07) is 72.0. The van der Waals surface area contributed by atoms with Crippen molar-refractivity contribution in [1.82, 2.24) is 39.9 Å². The molecule has 1 saturated heterocycles. The van der Waals surface area contributed by atoms with Gasteiger partial charge in [-0.05, 0) is 215 Å². The Morgan fingerprint density at radius 3 is 1.27 bits per heavy atom. The number of piperidine rings is 1. The van der Waals surface area contributed by atoms with Gasteiger partial charge in [-0.1, -0.05) is 166 Å². The Labute approximate surface area is 823 Å². The molecular formula is C106H108ClFN20O6S4. The van der Waals surface area contributed by atoms with Crippen molar-refractivity contribution in [2.24, 2.45) is 0 Å². The van der Waals surface area contributed by atoms with Crippen molar-refractivity contribution < 1.29 is 33.4 Å². The second-order valence-electron chi connectivity index (χ2n) is 34.5. The van der Waals surface area contributed by atoms with E-state index < -0.39 is 11.8 Å². The van der Waals surface area contributed by atoms with E-state index in [-0.39, 0.29) is 41.2 Å². The van der Waals surface area contributed by atoms with Crippen LogP contribution in [0.25, 0.3) is 86.8 Å². The zero-order valence-electron chi connectivity index (χ0n) is 78.2. The zero-order chi connectivity index (χ0) is 97.4. The topological polar surface area (TPSA) is 350 Å². The molecule has 138 heavy (non-hydrogen) atoms. The number of methoxy groups -OCH3 is 1. The first-order valence-electron chi connectivity index (χ1n) is 44.8. The van der Waals surface area contributed by atoms with Crippen LogP contribution in [0.4, 0.5) is 91.7 Å². The summed E-state index contributed by atoms with van der Waals surface area (Å²) in [5.41, 5.74) is 24.2. The number of anilines is 12. The lowest BCUT2D eigenvalue weighted by molar-refractivity contribution is 0.210. The zero-order valence-corrected chi connectivity index (χ0v) is 82.3. The van der Waals surface area contributed by atoms with E-state index in [4.69, 9.17) is 42.1 Å². The molecule has 17 rings (SSSR count). The molecule has 26 nitrogen and oxygen atoms in total. The second-order valence-corrected chi connectivity index (χ2v) is 39.1. The molecule has 1 aliphatic heterocycles. The highest BCUT2D eigenvalue weighted by Crippen LogP contribution is 2.47. The minimum atomic E-state index is -0.534. The molecule has 0 saturated carbocycles. The summed E-state index contributed by atoms with van der Waals surface area (Å²) in [6.45, 7) is 24.6. The molecule has 0 radical (unpaired) electrons. The van der Waals surface area contributed by atoms with Gasteiger partial charge in [-0.25, -0.2) is 58.5 Å². The van der Waals surface area contributed by atoms with Crippen molar-refractivity contribution in [2.75, 3.05) is 110 Å². The van der Waals surface area contributed by atoms with E-state index in [0.717, 1.165) is 138 Å². The molecule has 0 aliphatic carbocycles. The fourth-order valence-electron chi connectivity index (χ4n) is 14.3. The Balaban J connectivity index is 0.000000147. The average molecular weight is 1940 g/mol. The lowest BCUT2D eigenvalue weighted by atomic mass is 9.98. The second kappa shape index (κ2) is 46.7. The van der Waals surface area contributed by atoms with E-state index in [9.17, 15) is 19.2 Å². The summed E-state index contributed by atoms with van der Waals surface area (Å²) >= 11 is 12.3. The van der Waals surface area contributed by atoms with Gasteiger partial charge in [0.1, 0.15) is 17.5 Å². The third-order valence-electron chi connectivity index (χ3n) is 21.3. The molecule has 0 unspecified atom stereocenters. The SMILES string of the molecule is COCCNc1cc(-c2nc(C(C)(C)C)sc2-c2cccc(NC(=O)Nc3ccc(C)cc3)c2)ccn1.Cc1ccc(NC(=O)Nc2cccc(-c3sc(C(C)(C)C)nc3-c3ccnc(NCCO)c3)c2)cc1.Cc1ccc(NC(=O)Nc2cccc(-c3sc(C)nc3-c3ccnc(N)c3)c2F)cc1.O=C(Nc1ccc(Cl)cc1)Nc1cccc(-c2sc(N3CCCCC3)nc2-c2ccncc2)c1. The number of carbonyl (C=O) groups excluding carboxylic acids is 4. The largest absolute Gasteiger partial charge is 0.395 e. The van der Waals surface area contributed by atoms with E-state index in [1.54, 1.807) is 133 Å². The van der Waals surface area contributed by atoms with Gasteiger partial charge in [0.25, 0.3) is 0 Å². The van der Waals surface area contributed by atoms with Crippen molar-refractivity contribution in [2.45, 2.75) is 99.3 Å². The lowest BCUT2D eigenvalue weighted by Gasteiger charge is -2.25. The number of nitrogens with zero attached hydrogens (tertiary/aromatic N) is 9. The number of carbonyl (C=O) groups is 4. The van der Waals surface area contributed by atoms with E-state index in [1.807, 2.05) is 191 Å². The molecule has 1 aliphatic rings. The number of aliphatic hydroxyl groups excluding tert-OH is 1. The van der Waals surface area contributed by atoms with Gasteiger partial charge in [0.2, 0.25) is 0 Å². The molecule has 706 valence electrons. The first-order chi connectivity index (χ1) is 66.5. The molecule has 13 N–H and O–H groups in total. The fraction of sp³-hybridized carbons (Fsp3) is 0.208. The Kier molecular flexibility index (Phi) is 33.6. The van der Waals surface area contributed by atoms with Crippen molar-refractivity contribution in [3.63, 3.8) is 0 Å². The molecule has 0 atom stereocenters. The van der Waals surface area contributed by atoms with Gasteiger partial charge in [0.05, 0.1) is 76.2 Å². The quantitative estimate of drug-likeness (QED) is 0.0250. The summed E-state index contributed by atoms with van der Waals surface area (Å²) in [6.07, 6.45) is 12.4. The van der Waals surface area contributed by atoms with E-state index >= 15 is 4.39 Å². The maximum atomic E-state index is 15.4. The Hall–Kier alpha value is -14.7. The van der Waals surface area contributed by atoms with Crippen LogP contribution in [-0.4, -0.2) is 116 Å². The highest BCUT2D eigenvalue weighted by molar-refractivity contribution is 7.19. The minimum Gasteiger partial charge on any atom is -0.395 e. The van der Waals surface area contributed by atoms with Crippen LogP contribution in [0.3, 0.4) is 0 Å². The first kappa shape index (κ1) is 99.3. The number of aliphatic hydroxyl groups is 1. The summed E-state index contributed by atoms with van der Waals surface area (Å²) in [7, 11) is 1.68. The molecule has 0 spiro atoms. The maximum absolute atomic E-state index is 15.4. The van der Waals surface area contributed by atoms with Crippen molar-refractivity contribution >= 4 is 149 Å². The molecule has 8 aromatic heterocycles.